The quantitative estimate of drug-likeness (QED) is 0.279. The van der Waals surface area contributed by atoms with Crippen LogP contribution in [0.3, 0.4) is 0 Å². The highest BCUT2D eigenvalue weighted by Crippen LogP contribution is 2.35. The van der Waals surface area contributed by atoms with Crippen molar-refractivity contribution in [3.05, 3.63) is 82.9 Å². The zero-order valence-electron chi connectivity index (χ0n) is 23.8. The minimum Gasteiger partial charge on any atom is -0.480 e. The Morgan fingerprint density at radius 2 is 1.79 bits per heavy atom. The highest BCUT2D eigenvalue weighted by Gasteiger charge is 2.25. The monoisotopic (exact) mass is 597 g/mol. The summed E-state index contributed by atoms with van der Waals surface area (Å²) >= 11 is 0. The van der Waals surface area contributed by atoms with Crippen LogP contribution in [0.4, 0.5) is 0 Å². The van der Waals surface area contributed by atoms with Crippen LogP contribution < -0.4 is 14.8 Å². The van der Waals surface area contributed by atoms with E-state index in [1.54, 1.807) is 12.1 Å². The second kappa shape index (κ2) is 13.8. The minimum atomic E-state index is -3.41. The summed E-state index contributed by atoms with van der Waals surface area (Å²) in [6, 6.07) is 17.0. The minimum absolute atomic E-state index is 0.169. The van der Waals surface area contributed by atoms with Gasteiger partial charge in [0.25, 0.3) is 5.91 Å². The summed E-state index contributed by atoms with van der Waals surface area (Å²) < 4.78 is 46.1. The first-order valence-corrected chi connectivity index (χ1v) is 15.6. The summed E-state index contributed by atoms with van der Waals surface area (Å²) in [4.78, 5) is 25.2. The first-order chi connectivity index (χ1) is 20.1. The number of fused-ring (bicyclic) bond motifs is 1. The highest BCUT2D eigenvalue weighted by atomic mass is 32.2. The van der Waals surface area contributed by atoms with E-state index >= 15 is 0 Å². The number of hydrogen-bond donors (Lipinski definition) is 2. The lowest BCUT2D eigenvalue weighted by Gasteiger charge is -2.20. The Morgan fingerprint density at radius 3 is 2.50 bits per heavy atom. The molecule has 2 unspecified atom stereocenters. The van der Waals surface area contributed by atoms with Gasteiger partial charge in [-0.2, -0.15) is 0 Å². The van der Waals surface area contributed by atoms with Crippen LogP contribution in [0.2, 0.25) is 0 Å². The van der Waals surface area contributed by atoms with Crippen molar-refractivity contribution in [3.8, 4) is 22.6 Å². The third-order valence-corrected chi connectivity index (χ3v) is 7.81. The molecule has 10 nitrogen and oxygen atoms in total. The number of carboxylic acids is 1. The second-order valence-corrected chi connectivity index (χ2v) is 12.3. The third-order valence-electron chi connectivity index (χ3n) is 6.84. The number of carbonyl (C=O) groups excluding carboxylic acids is 1. The van der Waals surface area contributed by atoms with Crippen molar-refractivity contribution in [3.63, 3.8) is 0 Å². The number of aryl methyl sites for hydroxylation is 1. The molecule has 0 aliphatic carbocycles. The van der Waals surface area contributed by atoms with Crippen molar-refractivity contribution >= 4 is 21.7 Å². The number of rotatable bonds is 14. The summed E-state index contributed by atoms with van der Waals surface area (Å²) in [6.45, 7) is 5.05. The van der Waals surface area contributed by atoms with Crippen LogP contribution in [-0.4, -0.2) is 63.5 Å². The first kappa shape index (κ1) is 31.0. The second-order valence-electron chi connectivity index (χ2n) is 10.0. The molecule has 1 amide bonds. The summed E-state index contributed by atoms with van der Waals surface area (Å²) in [5, 5.41) is 12.1. The molecule has 0 radical (unpaired) electrons. The van der Waals surface area contributed by atoms with Crippen LogP contribution in [0.15, 0.2) is 60.7 Å². The molecule has 3 aromatic carbocycles. The average Bonchev–Trinajstić information content (AvgIpc) is 3.43. The number of ether oxygens (including phenoxy) is 4. The van der Waals surface area contributed by atoms with Crippen molar-refractivity contribution in [2.24, 2.45) is 0 Å². The number of aliphatic carboxylic acids is 1. The maximum Gasteiger partial charge on any atom is 0.326 e. The molecule has 1 aliphatic rings. The number of sulfone groups is 1. The topological polar surface area (TPSA) is 137 Å². The smallest absolute Gasteiger partial charge is 0.326 e. The molecule has 0 saturated carbocycles. The van der Waals surface area contributed by atoms with Crippen LogP contribution >= 0.6 is 0 Å². The van der Waals surface area contributed by atoms with Crippen molar-refractivity contribution in [1.29, 1.82) is 0 Å². The zero-order chi connectivity index (χ0) is 30.3. The van der Waals surface area contributed by atoms with Gasteiger partial charge in [0.1, 0.15) is 22.0 Å². The largest absolute Gasteiger partial charge is 0.480 e. The van der Waals surface area contributed by atoms with E-state index in [4.69, 9.17) is 18.9 Å². The van der Waals surface area contributed by atoms with Crippen molar-refractivity contribution in [2.75, 3.05) is 32.0 Å². The maximum atomic E-state index is 13.4. The fourth-order valence-corrected chi connectivity index (χ4v) is 5.24. The number of benzene rings is 3. The summed E-state index contributed by atoms with van der Waals surface area (Å²) in [7, 11) is -3.41. The maximum absolute atomic E-state index is 13.4. The van der Waals surface area contributed by atoms with Gasteiger partial charge < -0.3 is 29.4 Å². The summed E-state index contributed by atoms with van der Waals surface area (Å²) in [6.07, 6.45) is 0.388. The number of carbonyl (C=O) groups is 2. The molecule has 42 heavy (non-hydrogen) atoms. The van der Waals surface area contributed by atoms with Crippen LogP contribution in [0.1, 0.15) is 46.5 Å². The molecule has 4 rings (SSSR count). The molecule has 0 saturated heterocycles. The van der Waals surface area contributed by atoms with Gasteiger partial charge in [0.05, 0.1) is 19.0 Å². The molecule has 0 spiro atoms. The van der Waals surface area contributed by atoms with E-state index < -0.39 is 33.9 Å². The van der Waals surface area contributed by atoms with Gasteiger partial charge in [-0.05, 0) is 72.4 Å². The lowest BCUT2D eigenvalue weighted by Crippen LogP contribution is -2.42. The van der Waals surface area contributed by atoms with E-state index in [0.29, 0.717) is 30.3 Å². The van der Waals surface area contributed by atoms with Gasteiger partial charge in [0.15, 0.2) is 11.5 Å². The third kappa shape index (κ3) is 8.09. The SMILES string of the molecule is CCOCC(OCc1ccc(C(=O)NC(CCS(C)(=O)=O)C(=O)O)c(-c2ccccc2C)c1)c1ccc2c(c1)OCO2. The van der Waals surface area contributed by atoms with Crippen molar-refractivity contribution in [2.45, 2.75) is 39.0 Å². The lowest BCUT2D eigenvalue weighted by molar-refractivity contribution is -0.139. The predicted molar refractivity (Wildman–Crippen MR) is 156 cm³/mol. The van der Waals surface area contributed by atoms with Gasteiger partial charge in [-0.25, -0.2) is 13.2 Å². The first-order valence-electron chi connectivity index (χ1n) is 13.5. The molecule has 0 aromatic heterocycles. The van der Waals surface area contributed by atoms with E-state index in [0.717, 1.165) is 28.5 Å². The number of amides is 1. The Hall–Kier alpha value is -3.93. The Balaban J connectivity index is 1.60. The fraction of sp³-hybridized carbons (Fsp3) is 0.355. The van der Waals surface area contributed by atoms with Gasteiger partial charge in [0.2, 0.25) is 6.79 Å². The highest BCUT2D eigenvalue weighted by molar-refractivity contribution is 7.90. The molecule has 2 N–H and O–H groups in total. The zero-order valence-corrected chi connectivity index (χ0v) is 24.6. The van der Waals surface area contributed by atoms with Crippen molar-refractivity contribution in [1.82, 2.24) is 5.32 Å². The van der Waals surface area contributed by atoms with E-state index in [1.165, 1.54) is 0 Å². The molecular formula is C31H35NO9S. The van der Waals surface area contributed by atoms with Crippen LogP contribution in [0, 0.1) is 6.92 Å². The average molecular weight is 598 g/mol. The molecule has 11 heteroatoms. The summed E-state index contributed by atoms with van der Waals surface area (Å²) in [5.41, 5.74) is 4.25. The van der Waals surface area contributed by atoms with Crippen LogP contribution in [0.25, 0.3) is 11.1 Å². The summed E-state index contributed by atoms with van der Waals surface area (Å²) in [5.74, 6) is -0.968. The van der Waals surface area contributed by atoms with Crippen LogP contribution in [0.5, 0.6) is 11.5 Å². The number of nitrogens with one attached hydrogen (secondary N) is 1. The fourth-order valence-electron chi connectivity index (χ4n) is 4.58. The predicted octanol–water partition coefficient (Wildman–Crippen LogP) is 4.30. The van der Waals surface area contributed by atoms with Crippen molar-refractivity contribution < 1.29 is 42.1 Å². The Kier molecular flexibility index (Phi) is 10.2. The molecule has 3 aromatic rings. The van der Waals surface area contributed by atoms with Gasteiger partial charge in [-0.3, -0.25) is 4.79 Å². The van der Waals surface area contributed by atoms with Gasteiger partial charge in [0, 0.05) is 18.4 Å². The Morgan fingerprint density at radius 1 is 1.02 bits per heavy atom. The van der Waals surface area contributed by atoms with E-state index in [9.17, 15) is 23.1 Å². The van der Waals surface area contributed by atoms with Crippen LogP contribution in [-0.2, 0) is 30.7 Å². The molecule has 0 bridgehead atoms. The molecular weight excluding hydrogens is 562 g/mol. The standard InChI is InChI=1S/C31H35NO9S/c1-4-38-18-29(22-10-12-27-28(16-22)41-19-40-27)39-17-21-9-11-24(25(15-21)23-8-6-5-7-20(23)2)30(33)32-26(31(34)35)13-14-42(3,36)37/h5-12,15-16,26,29H,4,13-14,17-19H2,1-3H3,(H,32,33)(H,34,35). The van der Waals surface area contributed by atoms with Gasteiger partial charge >= 0.3 is 5.97 Å². The molecule has 224 valence electrons. The molecule has 1 aliphatic heterocycles. The molecule has 1 heterocycles. The lowest BCUT2D eigenvalue weighted by atomic mass is 9.93. The van der Waals surface area contributed by atoms with E-state index in [2.05, 4.69) is 5.32 Å². The number of carboxylic acid groups (broad SMARTS) is 1. The molecule has 2 atom stereocenters. The van der Waals surface area contributed by atoms with E-state index in [-0.39, 0.29) is 31.1 Å². The molecule has 0 fully saturated rings. The van der Waals surface area contributed by atoms with E-state index in [1.807, 2.05) is 62.4 Å². The Bertz CT molecular complexity index is 1540. The number of hydrogen-bond acceptors (Lipinski definition) is 8. The Labute approximate surface area is 245 Å². The van der Waals surface area contributed by atoms with Gasteiger partial charge in [-0.15, -0.1) is 0 Å². The van der Waals surface area contributed by atoms with Gasteiger partial charge in [-0.1, -0.05) is 36.4 Å². The normalized spacial score (nSPS) is 13.9.